The van der Waals surface area contributed by atoms with Crippen LogP contribution in [-0.4, -0.2) is 19.2 Å². The Morgan fingerprint density at radius 1 is 1.04 bits per heavy atom. The molecular formula is C21H17IrN4-. The first kappa shape index (κ1) is 16.9. The molecule has 5 heteroatoms. The summed E-state index contributed by atoms with van der Waals surface area (Å²) < 4.78 is 4.14. The molecule has 0 saturated carbocycles. The Morgan fingerprint density at radius 3 is 2.65 bits per heavy atom. The number of aryl methyl sites for hydroxylation is 3. The largest absolute Gasteiger partial charge is 0.331 e. The molecule has 131 valence electrons. The van der Waals surface area contributed by atoms with Crippen LogP contribution in [0.3, 0.4) is 0 Å². The zero-order chi connectivity index (χ0) is 17.1. The average molecular weight is 518 g/mol. The topological polar surface area (TPSA) is 35.1 Å². The molecule has 0 N–H and O–H groups in total. The van der Waals surface area contributed by atoms with Crippen LogP contribution in [-0.2, 0) is 27.2 Å². The molecule has 5 aromatic rings. The standard InChI is InChI=1S/C21H17N4.Ir/c1-13-8-4-5-9-15(13)17-12-19-21-20(22-14(2)24(21)3)16-10-6-7-11-18(16)25(19)23-17;/h4-10,12H,1-3H3;/q-1;. The number of fused-ring (bicyclic) bond motifs is 6. The third-order valence-electron chi connectivity index (χ3n) is 4.99. The molecule has 4 nitrogen and oxygen atoms in total. The van der Waals surface area contributed by atoms with Crippen molar-refractivity contribution in [2.75, 3.05) is 0 Å². The monoisotopic (exact) mass is 518 g/mol. The summed E-state index contributed by atoms with van der Waals surface area (Å²) in [6.45, 7) is 4.15. The Labute approximate surface area is 164 Å². The van der Waals surface area contributed by atoms with Crippen molar-refractivity contribution in [1.82, 2.24) is 19.2 Å². The Bertz CT molecular complexity index is 1280. The molecule has 0 aliphatic rings. The number of pyridine rings is 1. The number of aromatic nitrogens is 4. The second-order valence-corrected chi connectivity index (χ2v) is 6.49. The SMILES string of the molecule is Cc1ccccc1-c1cc2c3c(nc(C)n3C)c3ccc[c-]c3n2n1.[Ir]. The van der Waals surface area contributed by atoms with E-state index in [1.54, 1.807) is 0 Å². The molecule has 0 aliphatic carbocycles. The smallest absolute Gasteiger partial charge is 0.105 e. The van der Waals surface area contributed by atoms with Crippen molar-refractivity contribution in [3.05, 3.63) is 66.0 Å². The van der Waals surface area contributed by atoms with E-state index in [2.05, 4.69) is 61.0 Å². The first-order valence-electron chi connectivity index (χ1n) is 8.36. The maximum Gasteiger partial charge on any atom is 0.105 e. The fraction of sp³-hybridized carbons (Fsp3) is 0.143. The van der Waals surface area contributed by atoms with E-state index in [1.807, 2.05) is 23.6 Å². The molecule has 0 amide bonds. The van der Waals surface area contributed by atoms with E-state index in [1.165, 1.54) is 5.56 Å². The van der Waals surface area contributed by atoms with Gasteiger partial charge in [-0.15, -0.1) is 0 Å². The predicted octanol–water partition coefficient (Wildman–Crippen LogP) is 4.46. The molecule has 1 radical (unpaired) electrons. The number of para-hydroxylation sites is 1. The molecule has 0 unspecified atom stereocenters. The van der Waals surface area contributed by atoms with Gasteiger partial charge in [-0.25, -0.2) is 4.98 Å². The van der Waals surface area contributed by atoms with Gasteiger partial charge in [-0.3, -0.25) is 4.52 Å². The molecule has 26 heavy (non-hydrogen) atoms. The van der Waals surface area contributed by atoms with E-state index >= 15 is 0 Å². The van der Waals surface area contributed by atoms with Crippen LogP contribution in [0.4, 0.5) is 0 Å². The zero-order valence-electron chi connectivity index (χ0n) is 14.7. The average Bonchev–Trinajstić information content (AvgIpc) is 3.18. The Balaban J connectivity index is 0.00000168. The van der Waals surface area contributed by atoms with Gasteiger partial charge >= 0.3 is 0 Å². The van der Waals surface area contributed by atoms with Gasteiger partial charge in [0.05, 0.1) is 16.7 Å². The van der Waals surface area contributed by atoms with Crippen LogP contribution < -0.4 is 0 Å². The summed E-state index contributed by atoms with van der Waals surface area (Å²) in [6.07, 6.45) is 0. The fourth-order valence-electron chi connectivity index (χ4n) is 3.60. The molecular weight excluding hydrogens is 500 g/mol. The second kappa shape index (κ2) is 6.04. The zero-order valence-corrected chi connectivity index (χ0v) is 17.1. The maximum absolute atomic E-state index is 4.92. The molecule has 0 bridgehead atoms. The predicted molar refractivity (Wildman–Crippen MR) is 101 cm³/mol. The molecule has 3 aromatic heterocycles. The van der Waals surface area contributed by atoms with Crippen LogP contribution in [0.1, 0.15) is 11.4 Å². The van der Waals surface area contributed by atoms with Gasteiger partial charge in [0, 0.05) is 38.2 Å². The Kier molecular flexibility index (Phi) is 3.94. The summed E-state index contributed by atoms with van der Waals surface area (Å²) in [6, 6.07) is 19.9. The van der Waals surface area contributed by atoms with Gasteiger partial charge < -0.3 is 4.57 Å². The Morgan fingerprint density at radius 2 is 1.85 bits per heavy atom. The molecule has 3 heterocycles. The quantitative estimate of drug-likeness (QED) is 0.308. The van der Waals surface area contributed by atoms with Gasteiger partial charge in [0.1, 0.15) is 5.82 Å². The number of imidazole rings is 1. The third kappa shape index (κ3) is 2.24. The van der Waals surface area contributed by atoms with E-state index in [-0.39, 0.29) is 20.1 Å². The van der Waals surface area contributed by atoms with Crippen molar-refractivity contribution in [3.8, 4) is 11.3 Å². The molecule has 0 aliphatic heterocycles. The number of benzene rings is 2. The van der Waals surface area contributed by atoms with E-state index in [9.17, 15) is 0 Å². The van der Waals surface area contributed by atoms with Gasteiger partial charge in [-0.2, -0.15) is 29.4 Å². The summed E-state index contributed by atoms with van der Waals surface area (Å²) in [5.74, 6) is 0.992. The van der Waals surface area contributed by atoms with Gasteiger partial charge in [0.25, 0.3) is 0 Å². The van der Waals surface area contributed by atoms with Crippen LogP contribution >= 0.6 is 0 Å². The summed E-state index contributed by atoms with van der Waals surface area (Å²) in [4.78, 5) is 4.79. The van der Waals surface area contributed by atoms with Gasteiger partial charge in [-0.05, 0) is 31.0 Å². The minimum atomic E-state index is 0. The van der Waals surface area contributed by atoms with E-state index in [0.717, 1.165) is 44.5 Å². The van der Waals surface area contributed by atoms with Crippen molar-refractivity contribution in [3.63, 3.8) is 0 Å². The number of hydrogen-bond acceptors (Lipinski definition) is 2. The van der Waals surface area contributed by atoms with Gasteiger partial charge in [0.2, 0.25) is 0 Å². The van der Waals surface area contributed by atoms with E-state index < -0.39 is 0 Å². The van der Waals surface area contributed by atoms with E-state index in [0.29, 0.717) is 0 Å². The number of nitrogens with zero attached hydrogens (tertiary/aromatic N) is 4. The summed E-state index contributed by atoms with van der Waals surface area (Å²) in [7, 11) is 2.06. The first-order valence-corrected chi connectivity index (χ1v) is 8.36. The minimum absolute atomic E-state index is 0. The third-order valence-corrected chi connectivity index (χ3v) is 4.99. The second-order valence-electron chi connectivity index (χ2n) is 6.49. The van der Waals surface area contributed by atoms with Crippen molar-refractivity contribution < 1.29 is 20.1 Å². The molecule has 0 atom stereocenters. The summed E-state index contributed by atoms with van der Waals surface area (Å²) >= 11 is 0. The van der Waals surface area contributed by atoms with Crippen LogP contribution in [0.2, 0.25) is 0 Å². The Hall–Kier alpha value is -2.49. The van der Waals surface area contributed by atoms with Crippen LogP contribution in [0, 0.1) is 19.9 Å². The number of hydrogen-bond donors (Lipinski definition) is 0. The number of rotatable bonds is 1. The summed E-state index contributed by atoms with van der Waals surface area (Å²) in [5.41, 5.74) is 7.49. The van der Waals surface area contributed by atoms with Gasteiger partial charge in [-0.1, -0.05) is 29.7 Å². The maximum atomic E-state index is 4.92. The van der Waals surface area contributed by atoms with Gasteiger partial charge in [0.15, 0.2) is 0 Å². The molecule has 0 spiro atoms. The van der Waals surface area contributed by atoms with Crippen LogP contribution in [0.5, 0.6) is 0 Å². The van der Waals surface area contributed by atoms with Crippen molar-refractivity contribution in [1.29, 1.82) is 0 Å². The first-order chi connectivity index (χ1) is 12.1. The van der Waals surface area contributed by atoms with Crippen molar-refractivity contribution in [2.45, 2.75) is 13.8 Å². The fourth-order valence-corrected chi connectivity index (χ4v) is 3.60. The molecule has 5 rings (SSSR count). The minimum Gasteiger partial charge on any atom is -0.331 e. The normalized spacial score (nSPS) is 11.3. The summed E-state index contributed by atoms with van der Waals surface area (Å²) in [5, 5.41) is 5.99. The van der Waals surface area contributed by atoms with Crippen molar-refractivity contribution >= 4 is 27.5 Å². The van der Waals surface area contributed by atoms with E-state index in [4.69, 9.17) is 10.1 Å². The molecule has 0 saturated heterocycles. The molecule has 0 fully saturated rings. The van der Waals surface area contributed by atoms with Crippen LogP contribution in [0.25, 0.3) is 38.7 Å². The van der Waals surface area contributed by atoms with Crippen molar-refractivity contribution in [2.24, 2.45) is 7.05 Å². The molecule has 2 aromatic carbocycles. The van der Waals surface area contributed by atoms with Crippen LogP contribution in [0.15, 0.2) is 48.5 Å².